The predicted octanol–water partition coefficient (Wildman–Crippen LogP) is 6.31. The number of amides is 1. The molecule has 0 saturated carbocycles. The van der Waals surface area contributed by atoms with Crippen molar-refractivity contribution in [3.8, 4) is 34.3 Å². The lowest BCUT2D eigenvalue weighted by Gasteiger charge is -2.09. The van der Waals surface area contributed by atoms with Gasteiger partial charge in [0.1, 0.15) is 39.5 Å². The number of carbonyl (C=O) groups is 2. The highest BCUT2D eigenvalue weighted by molar-refractivity contribution is 7.15. The number of thiophene rings is 1. The molecule has 0 atom stereocenters. The Kier molecular flexibility index (Phi) is 8.18. The van der Waals surface area contributed by atoms with Gasteiger partial charge in [-0.2, -0.15) is 5.26 Å². The Morgan fingerprint density at radius 3 is 2.54 bits per heavy atom. The summed E-state index contributed by atoms with van der Waals surface area (Å²) in [4.78, 5) is 36.7. The molecule has 10 nitrogen and oxygen atoms in total. The number of benzene rings is 2. The first-order valence-corrected chi connectivity index (χ1v) is 12.4. The van der Waals surface area contributed by atoms with Crippen molar-refractivity contribution in [3.63, 3.8) is 0 Å². The normalized spacial score (nSPS) is 10.9. The molecule has 0 spiro atoms. The summed E-state index contributed by atoms with van der Waals surface area (Å²) in [5, 5.41) is 25.6. The van der Waals surface area contributed by atoms with E-state index in [0.29, 0.717) is 16.9 Å². The van der Waals surface area contributed by atoms with Gasteiger partial charge in [0, 0.05) is 23.1 Å². The first-order chi connectivity index (χ1) is 18.9. The molecule has 0 fully saturated rings. The number of esters is 1. The number of para-hydroxylation sites is 1. The number of methoxy groups -OCH3 is 1. The molecule has 11 heteroatoms. The van der Waals surface area contributed by atoms with E-state index in [0.717, 1.165) is 11.3 Å². The molecule has 0 aliphatic heterocycles. The van der Waals surface area contributed by atoms with Gasteiger partial charge in [0.25, 0.3) is 11.6 Å². The van der Waals surface area contributed by atoms with Crippen molar-refractivity contribution in [2.45, 2.75) is 6.92 Å². The predicted molar refractivity (Wildman–Crippen MR) is 145 cm³/mol. The number of nitrogens with zero attached hydrogens (tertiary/aromatic N) is 2. The maximum absolute atomic E-state index is 13.0. The summed E-state index contributed by atoms with van der Waals surface area (Å²) < 4.78 is 16.1. The third kappa shape index (κ3) is 5.87. The molecule has 4 aromatic rings. The fourth-order valence-electron chi connectivity index (χ4n) is 3.72. The molecule has 2 aromatic heterocycles. The standard InChI is InChI=1S/C28H21N3O7S/c1-3-37-28(33)25-22(17-8-10-19(36-2)11-9-17)16-39-27(25)30-26(32)18(15-29)14-20-12-13-24(38-20)21-6-4-5-7-23(21)31(34)35/h4-14,16H,3H2,1-2H3,(H,30,32). The highest BCUT2D eigenvalue weighted by atomic mass is 32.1. The molecule has 1 N–H and O–H groups in total. The smallest absolute Gasteiger partial charge is 0.341 e. The van der Waals surface area contributed by atoms with E-state index in [4.69, 9.17) is 13.9 Å². The molecule has 0 aliphatic rings. The summed E-state index contributed by atoms with van der Waals surface area (Å²) in [6.45, 7) is 1.81. The molecular formula is C28H21N3O7S. The minimum atomic E-state index is -0.769. The van der Waals surface area contributed by atoms with Gasteiger partial charge in [-0.05, 0) is 42.8 Å². The number of hydrogen-bond acceptors (Lipinski definition) is 9. The maximum atomic E-state index is 13.0. The van der Waals surface area contributed by atoms with E-state index in [1.165, 1.54) is 30.3 Å². The third-order valence-electron chi connectivity index (χ3n) is 5.54. The number of ether oxygens (including phenoxy) is 2. The fraction of sp³-hybridized carbons (Fsp3) is 0.107. The van der Waals surface area contributed by atoms with Gasteiger partial charge in [0.2, 0.25) is 0 Å². The molecule has 196 valence electrons. The van der Waals surface area contributed by atoms with Gasteiger partial charge in [-0.15, -0.1) is 11.3 Å². The molecule has 0 unspecified atom stereocenters. The van der Waals surface area contributed by atoms with Crippen LogP contribution in [0.1, 0.15) is 23.0 Å². The zero-order valence-corrected chi connectivity index (χ0v) is 21.6. The molecule has 2 heterocycles. The monoisotopic (exact) mass is 543 g/mol. The maximum Gasteiger partial charge on any atom is 0.341 e. The zero-order chi connectivity index (χ0) is 27.9. The summed E-state index contributed by atoms with van der Waals surface area (Å²) >= 11 is 1.12. The average molecular weight is 544 g/mol. The quantitative estimate of drug-likeness (QED) is 0.0849. The van der Waals surface area contributed by atoms with Gasteiger partial charge in [-0.1, -0.05) is 24.3 Å². The van der Waals surface area contributed by atoms with Crippen molar-refractivity contribution >= 4 is 40.0 Å². The van der Waals surface area contributed by atoms with Gasteiger partial charge in [0.05, 0.1) is 24.2 Å². The van der Waals surface area contributed by atoms with E-state index >= 15 is 0 Å². The Morgan fingerprint density at radius 1 is 1.13 bits per heavy atom. The summed E-state index contributed by atoms with van der Waals surface area (Å²) in [6, 6.07) is 18.0. The van der Waals surface area contributed by atoms with Gasteiger partial charge < -0.3 is 19.2 Å². The van der Waals surface area contributed by atoms with Crippen molar-refractivity contribution in [3.05, 3.63) is 93.1 Å². The van der Waals surface area contributed by atoms with E-state index in [2.05, 4.69) is 5.32 Å². The Hall–Kier alpha value is -5.21. The number of nitrogens with one attached hydrogen (secondary N) is 1. The summed E-state index contributed by atoms with van der Waals surface area (Å²) in [6.07, 6.45) is 1.22. The number of anilines is 1. The van der Waals surface area contributed by atoms with Gasteiger partial charge in [-0.25, -0.2) is 4.79 Å². The van der Waals surface area contributed by atoms with Gasteiger partial charge >= 0.3 is 5.97 Å². The van der Waals surface area contributed by atoms with Crippen LogP contribution in [0, 0.1) is 21.4 Å². The van der Waals surface area contributed by atoms with Crippen molar-refractivity contribution in [2.75, 3.05) is 19.0 Å². The minimum absolute atomic E-state index is 0.133. The van der Waals surface area contributed by atoms with Crippen molar-refractivity contribution in [1.82, 2.24) is 0 Å². The summed E-state index contributed by atoms with van der Waals surface area (Å²) in [7, 11) is 1.55. The van der Waals surface area contributed by atoms with Crippen molar-refractivity contribution in [2.24, 2.45) is 0 Å². The zero-order valence-electron chi connectivity index (χ0n) is 20.8. The molecule has 1 amide bonds. The molecule has 4 rings (SSSR count). The fourth-order valence-corrected chi connectivity index (χ4v) is 4.67. The van der Waals surface area contributed by atoms with Crippen LogP contribution in [0.5, 0.6) is 5.75 Å². The lowest BCUT2D eigenvalue weighted by molar-refractivity contribution is -0.384. The van der Waals surface area contributed by atoms with Crippen LogP contribution in [-0.2, 0) is 9.53 Å². The lowest BCUT2D eigenvalue weighted by atomic mass is 10.0. The second-order valence-electron chi connectivity index (χ2n) is 7.90. The number of nitro groups is 1. The molecule has 2 aromatic carbocycles. The Labute approximate surface area is 226 Å². The summed E-state index contributed by atoms with van der Waals surface area (Å²) in [5.41, 5.74) is 1.25. The Bertz CT molecular complexity index is 1610. The SMILES string of the molecule is CCOC(=O)c1c(-c2ccc(OC)cc2)csc1NC(=O)C(C#N)=Cc1ccc(-c2ccccc2[N+](=O)[O-])o1. The second kappa shape index (κ2) is 11.9. The lowest BCUT2D eigenvalue weighted by Crippen LogP contribution is -2.16. The van der Waals surface area contributed by atoms with E-state index in [1.54, 1.807) is 55.8 Å². The van der Waals surface area contributed by atoms with E-state index in [-0.39, 0.29) is 45.5 Å². The number of hydrogen-bond donors (Lipinski definition) is 1. The average Bonchev–Trinajstić information content (AvgIpc) is 3.59. The second-order valence-corrected chi connectivity index (χ2v) is 8.78. The molecule has 0 bridgehead atoms. The number of furan rings is 1. The van der Waals surface area contributed by atoms with Crippen LogP contribution in [0.2, 0.25) is 0 Å². The van der Waals surface area contributed by atoms with E-state index in [1.807, 2.05) is 6.07 Å². The highest BCUT2D eigenvalue weighted by Gasteiger charge is 2.24. The highest BCUT2D eigenvalue weighted by Crippen LogP contribution is 2.37. The third-order valence-corrected chi connectivity index (χ3v) is 6.44. The van der Waals surface area contributed by atoms with Crippen LogP contribution in [0.4, 0.5) is 10.7 Å². The van der Waals surface area contributed by atoms with Crippen LogP contribution in [0.25, 0.3) is 28.5 Å². The van der Waals surface area contributed by atoms with Crippen LogP contribution >= 0.6 is 11.3 Å². The van der Waals surface area contributed by atoms with Crippen LogP contribution in [0.3, 0.4) is 0 Å². The molecule has 39 heavy (non-hydrogen) atoms. The first-order valence-electron chi connectivity index (χ1n) is 11.6. The molecule has 0 saturated heterocycles. The topological polar surface area (TPSA) is 145 Å². The van der Waals surface area contributed by atoms with Crippen molar-refractivity contribution < 1.29 is 28.4 Å². The first kappa shape index (κ1) is 26.8. The largest absolute Gasteiger partial charge is 0.497 e. The van der Waals surface area contributed by atoms with Crippen LogP contribution in [-0.4, -0.2) is 30.5 Å². The minimum Gasteiger partial charge on any atom is -0.497 e. The number of rotatable bonds is 9. The van der Waals surface area contributed by atoms with Crippen LogP contribution < -0.4 is 10.1 Å². The Balaban J connectivity index is 1.63. The molecular weight excluding hydrogens is 522 g/mol. The molecule has 0 radical (unpaired) electrons. The van der Waals surface area contributed by atoms with Crippen molar-refractivity contribution in [1.29, 1.82) is 5.26 Å². The van der Waals surface area contributed by atoms with Gasteiger partial charge in [0.15, 0.2) is 0 Å². The van der Waals surface area contributed by atoms with Gasteiger partial charge in [-0.3, -0.25) is 14.9 Å². The molecule has 0 aliphatic carbocycles. The van der Waals surface area contributed by atoms with E-state index in [9.17, 15) is 25.0 Å². The number of nitro benzene ring substituents is 1. The van der Waals surface area contributed by atoms with E-state index < -0.39 is 16.8 Å². The summed E-state index contributed by atoms with van der Waals surface area (Å²) in [5.74, 6) is -0.395. The number of carbonyl (C=O) groups excluding carboxylic acids is 2. The Morgan fingerprint density at radius 2 is 1.87 bits per heavy atom. The van der Waals surface area contributed by atoms with Crippen LogP contribution in [0.15, 0.2) is 76.0 Å². The number of nitriles is 1.